The first-order valence-electron chi connectivity index (χ1n) is 5.81. The number of aliphatic hydroxyl groups excluding tert-OH is 1. The van der Waals surface area contributed by atoms with Gasteiger partial charge in [0.05, 0.1) is 25.4 Å². The number of carbonyl (C=O) groups is 2. The van der Waals surface area contributed by atoms with E-state index in [0.29, 0.717) is 30.2 Å². The second kappa shape index (κ2) is 6.00. The van der Waals surface area contributed by atoms with Crippen LogP contribution in [0.1, 0.15) is 20.8 Å². The number of thiophene rings is 1. The van der Waals surface area contributed by atoms with Crippen molar-refractivity contribution in [3.8, 4) is 0 Å². The average Bonchev–Trinajstić information content (AvgIpc) is 2.74. The van der Waals surface area contributed by atoms with Crippen LogP contribution in [0.15, 0.2) is 0 Å². The van der Waals surface area contributed by atoms with Crippen molar-refractivity contribution in [2.75, 3.05) is 25.1 Å². The molecule has 1 aliphatic rings. The lowest BCUT2D eigenvalue weighted by Crippen LogP contribution is -2.31. The molecule has 1 aliphatic heterocycles. The number of ether oxygens (including phenoxy) is 1. The van der Waals surface area contributed by atoms with Crippen LogP contribution in [-0.2, 0) is 17.8 Å². The molecule has 0 fully saturated rings. The molecule has 0 unspecified atom stereocenters. The van der Waals surface area contributed by atoms with Crippen molar-refractivity contribution < 1.29 is 19.4 Å². The van der Waals surface area contributed by atoms with Gasteiger partial charge in [-0.1, -0.05) is 0 Å². The number of fused-ring (bicyclic) bond motifs is 1. The Morgan fingerprint density at radius 3 is 2.95 bits per heavy atom. The second-order valence-corrected chi connectivity index (χ2v) is 5.08. The number of hydrogen-bond donors (Lipinski definition) is 4. The maximum absolute atomic E-state index is 11.5. The maximum atomic E-state index is 11.5. The van der Waals surface area contributed by atoms with Gasteiger partial charge in [-0.3, -0.25) is 10.1 Å². The third-order valence-electron chi connectivity index (χ3n) is 2.69. The highest BCUT2D eigenvalue weighted by atomic mass is 32.1. The van der Waals surface area contributed by atoms with Gasteiger partial charge in [0.15, 0.2) is 0 Å². The summed E-state index contributed by atoms with van der Waals surface area (Å²) in [6.45, 7) is 0.969. The first-order chi connectivity index (χ1) is 9.13. The SMILES string of the molecule is NC(=O)c1c(NC(=O)NCCO)sc2c1CCOC2. The Labute approximate surface area is 113 Å². The Morgan fingerprint density at radius 1 is 1.47 bits per heavy atom. The van der Waals surface area contributed by atoms with Crippen LogP contribution in [0.25, 0.3) is 0 Å². The lowest BCUT2D eigenvalue weighted by Gasteiger charge is -2.12. The van der Waals surface area contributed by atoms with Crippen molar-refractivity contribution in [3.63, 3.8) is 0 Å². The topological polar surface area (TPSA) is 114 Å². The van der Waals surface area contributed by atoms with Crippen molar-refractivity contribution in [1.82, 2.24) is 5.32 Å². The summed E-state index contributed by atoms with van der Waals surface area (Å²) in [5.74, 6) is -0.558. The highest BCUT2D eigenvalue weighted by molar-refractivity contribution is 7.17. The molecule has 0 bridgehead atoms. The summed E-state index contributed by atoms with van der Waals surface area (Å²) in [7, 11) is 0. The van der Waals surface area contributed by atoms with Gasteiger partial charge in [-0.25, -0.2) is 4.79 Å². The first-order valence-corrected chi connectivity index (χ1v) is 6.63. The fourth-order valence-electron chi connectivity index (χ4n) is 1.90. The maximum Gasteiger partial charge on any atom is 0.319 e. The number of amides is 3. The minimum absolute atomic E-state index is 0.145. The van der Waals surface area contributed by atoms with Crippen molar-refractivity contribution in [2.24, 2.45) is 5.73 Å². The van der Waals surface area contributed by atoms with E-state index in [9.17, 15) is 9.59 Å². The molecule has 8 heteroatoms. The van der Waals surface area contributed by atoms with Crippen molar-refractivity contribution in [1.29, 1.82) is 0 Å². The molecule has 0 aliphatic carbocycles. The molecular weight excluding hydrogens is 270 g/mol. The predicted octanol–water partition coefficient (Wildman–Crippen LogP) is 0.0335. The van der Waals surface area contributed by atoms with Crippen LogP contribution < -0.4 is 16.4 Å². The molecule has 2 heterocycles. The Balaban J connectivity index is 2.22. The second-order valence-electron chi connectivity index (χ2n) is 3.98. The lowest BCUT2D eigenvalue weighted by molar-refractivity contribution is 0.0991. The molecule has 104 valence electrons. The minimum atomic E-state index is -0.558. The summed E-state index contributed by atoms with van der Waals surface area (Å²) in [5.41, 5.74) is 6.60. The molecule has 2 rings (SSSR count). The highest BCUT2D eigenvalue weighted by Crippen LogP contribution is 2.36. The van der Waals surface area contributed by atoms with Crippen LogP contribution in [0.5, 0.6) is 0 Å². The van der Waals surface area contributed by atoms with E-state index in [1.54, 1.807) is 0 Å². The first kappa shape index (κ1) is 13.8. The van der Waals surface area contributed by atoms with Crippen LogP contribution in [0.2, 0.25) is 0 Å². The van der Waals surface area contributed by atoms with Gasteiger partial charge in [0.2, 0.25) is 0 Å². The standard InChI is InChI=1S/C11H15N3O4S/c12-9(16)8-6-1-4-18-5-7(6)19-10(8)14-11(17)13-2-3-15/h15H,1-5H2,(H2,12,16)(H2,13,14,17). The molecule has 0 radical (unpaired) electrons. The third kappa shape index (κ3) is 3.03. The van der Waals surface area contributed by atoms with Crippen molar-refractivity contribution in [2.45, 2.75) is 13.0 Å². The van der Waals surface area contributed by atoms with E-state index in [-0.39, 0.29) is 13.2 Å². The van der Waals surface area contributed by atoms with E-state index in [2.05, 4.69) is 10.6 Å². The Bertz CT molecular complexity index is 500. The monoisotopic (exact) mass is 285 g/mol. The lowest BCUT2D eigenvalue weighted by atomic mass is 10.1. The van der Waals surface area contributed by atoms with Crippen molar-refractivity contribution >= 4 is 28.3 Å². The van der Waals surface area contributed by atoms with Gasteiger partial charge in [-0.15, -0.1) is 11.3 Å². The zero-order valence-electron chi connectivity index (χ0n) is 10.2. The molecule has 19 heavy (non-hydrogen) atoms. The number of primary amides is 1. The summed E-state index contributed by atoms with van der Waals surface area (Å²) >= 11 is 1.29. The smallest absolute Gasteiger partial charge is 0.319 e. The van der Waals surface area contributed by atoms with Gasteiger partial charge in [0.1, 0.15) is 5.00 Å². The zero-order chi connectivity index (χ0) is 13.8. The van der Waals surface area contributed by atoms with E-state index in [0.717, 1.165) is 10.4 Å². The number of urea groups is 1. The van der Waals surface area contributed by atoms with Gasteiger partial charge in [0, 0.05) is 11.4 Å². The average molecular weight is 285 g/mol. The van der Waals surface area contributed by atoms with Crippen LogP contribution in [0, 0.1) is 0 Å². The molecule has 5 N–H and O–H groups in total. The van der Waals surface area contributed by atoms with E-state index in [4.69, 9.17) is 15.6 Å². The largest absolute Gasteiger partial charge is 0.395 e. The van der Waals surface area contributed by atoms with Gasteiger partial charge in [-0.05, 0) is 12.0 Å². The summed E-state index contributed by atoms with van der Waals surface area (Å²) in [4.78, 5) is 24.0. The molecule has 0 saturated heterocycles. The summed E-state index contributed by atoms with van der Waals surface area (Å²) < 4.78 is 5.31. The number of carbonyl (C=O) groups excluding carboxylic acids is 2. The predicted molar refractivity (Wildman–Crippen MR) is 70.3 cm³/mol. The molecule has 0 spiro atoms. The molecule has 1 aromatic heterocycles. The van der Waals surface area contributed by atoms with Gasteiger partial charge in [0.25, 0.3) is 5.91 Å². The molecule has 7 nitrogen and oxygen atoms in total. The summed E-state index contributed by atoms with van der Waals surface area (Å²) in [6.07, 6.45) is 0.615. The van der Waals surface area contributed by atoms with Crippen LogP contribution in [-0.4, -0.2) is 36.8 Å². The van der Waals surface area contributed by atoms with E-state index in [1.807, 2.05) is 0 Å². The van der Waals surface area contributed by atoms with Gasteiger partial charge < -0.3 is 20.9 Å². The Morgan fingerprint density at radius 2 is 2.26 bits per heavy atom. The summed E-state index contributed by atoms with van der Waals surface area (Å²) in [6, 6.07) is -0.476. The molecule has 1 aromatic rings. The molecule has 3 amide bonds. The van der Waals surface area contributed by atoms with E-state index >= 15 is 0 Å². The number of nitrogens with one attached hydrogen (secondary N) is 2. The number of aliphatic hydroxyl groups is 1. The van der Waals surface area contributed by atoms with Crippen LogP contribution in [0.4, 0.5) is 9.80 Å². The molecule has 0 saturated carbocycles. The van der Waals surface area contributed by atoms with Crippen molar-refractivity contribution in [3.05, 3.63) is 16.0 Å². The number of anilines is 1. The Hall–Kier alpha value is -1.64. The fourth-order valence-corrected chi connectivity index (χ4v) is 3.08. The molecule has 0 atom stereocenters. The zero-order valence-corrected chi connectivity index (χ0v) is 11.0. The highest BCUT2D eigenvalue weighted by Gasteiger charge is 2.25. The van der Waals surface area contributed by atoms with Crippen LogP contribution in [0.3, 0.4) is 0 Å². The molecule has 0 aromatic carbocycles. The minimum Gasteiger partial charge on any atom is -0.395 e. The van der Waals surface area contributed by atoms with Crippen LogP contribution >= 0.6 is 11.3 Å². The normalized spacial score (nSPS) is 13.7. The fraction of sp³-hybridized carbons (Fsp3) is 0.455. The quantitative estimate of drug-likeness (QED) is 0.625. The molecular formula is C11H15N3O4S. The van der Waals surface area contributed by atoms with Gasteiger partial charge in [-0.2, -0.15) is 0 Å². The Kier molecular flexibility index (Phi) is 4.35. The number of nitrogens with two attached hydrogens (primary N) is 1. The van der Waals surface area contributed by atoms with Gasteiger partial charge >= 0.3 is 6.03 Å². The summed E-state index contributed by atoms with van der Waals surface area (Å²) in [5, 5.41) is 14.1. The van der Waals surface area contributed by atoms with E-state index in [1.165, 1.54) is 11.3 Å². The number of rotatable bonds is 4. The third-order valence-corrected chi connectivity index (χ3v) is 3.81. The van der Waals surface area contributed by atoms with E-state index < -0.39 is 11.9 Å². The number of hydrogen-bond acceptors (Lipinski definition) is 5.